The first kappa shape index (κ1) is 18.3. The van der Waals surface area contributed by atoms with Gasteiger partial charge in [0.1, 0.15) is 6.54 Å². The Bertz CT molecular complexity index is 826. The van der Waals surface area contributed by atoms with Crippen LogP contribution in [-0.4, -0.2) is 32.9 Å². The van der Waals surface area contributed by atoms with Gasteiger partial charge in [-0.05, 0) is 50.2 Å². The summed E-state index contributed by atoms with van der Waals surface area (Å²) in [4.78, 5) is 24.6. The Kier molecular flexibility index (Phi) is 5.52. The summed E-state index contributed by atoms with van der Waals surface area (Å²) in [6, 6.07) is 11.4. The molecule has 0 spiro atoms. The van der Waals surface area contributed by atoms with E-state index in [9.17, 15) is 14.7 Å². The molecule has 1 atom stereocenters. The van der Waals surface area contributed by atoms with Crippen LogP contribution in [-0.2, 0) is 17.8 Å². The molecule has 1 aliphatic rings. The van der Waals surface area contributed by atoms with Gasteiger partial charge in [-0.15, -0.1) is 0 Å². The van der Waals surface area contributed by atoms with Crippen LogP contribution in [0.25, 0.3) is 0 Å². The summed E-state index contributed by atoms with van der Waals surface area (Å²) >= 11 is 0. The number of hydrogen-bond acceptors (Lipinski definition) is 4. The number of amides is 1. The van der Waals surface area contributed by atoms with Crippen molar-refractivity contribution in [2.45, 2.75) is 51.8 Å². The Morgan fingerprint density at radius 3 is 2.65 bits per heavy atom. The number of carbonyl (C=O) groups is 1. The molecule has 0 bridgehead atoms. The Morgan fingerprint density at radius 2 is 2.00 bits per heavy atom. The zero-order chi connectivity index (χ0) is 18.7. The number of aliphatic hydroxyl groups excluding tert-OH is 1. The molecule has 1 aliphatic carbocycles. The second-order valence-corrected chi connectivity index (χ2v) is 7.16. The van der Waals surface area contributed by atoms with Gasteiger partial charge in [0.2, 0.25) is 5.91 Å². The largest absolute Gasteiger partial charge is 0.393 e. The first-order valence-corrected chi connectivity index (χ1v) is 8.99. The van der Waals surface area contributed by atoms with Gasteiger partial charge in [0.25, 0.3) is 5.56 Å². The topological polar surface area (TPSA) is 84.2 Å². The van der Waals surface area contributed by atoms with Crippen molar-refractivity contribution in [3.05, 3.63) is 63.6 Å². The van der Waals surface area contributed by atoms with Crippen molar-refractivity contribution < 1.29 is 9.90 Å². The van der Waals surface area contributed by atoms with Gasteiger partial charge in [-0.1, -0.05) is 30.3 Å². The highest BCUT2D eigenvalue weighted by Gasteiger charge is 2.34. The highest BCUT2D eigenvalue weighted by atomic mass is 16.3. The van der Waals surface area contributed by atoms with Gasteiger partial charge < -0.3 is 10.4 Å². The van der Waals surface area contributed by atoms with Gasteiger partial charge in [-0.3, -0.25) is 9.59 Å². The van der Waals surface area contributed by atoms with Crippen molar-refractivity contribution in [2.75, 3.05) is 0 Å². The molecule has 2 aromatic rings. The quantitative estimate of drug-likeness (QED) is 0.819. The standard InChI is InChI=1S/C20H25N3O3/c1-13-8-20(26)23(22-14(13)2)12-19(25)21-18(16-10-17(24)11-16)9-15-6-4-3-5-7-15/h3-8,16-18,24H,9-12H2,1-2H3,(H,21,25)/t16?,17?,18-/m1/s1. The molecule has 1 amide bonds. The Hall–Kier alpha value is -2.47. The number of nitrogens with one attached hydrogen (secondary N) is 1. The number of aliphatic hydroxyl groups is 1. The molecule has 1 fully saturated rings. The van der Waals surface area contributed by atoms with Gasteiger partial charge in [0.15, 0.2) is 0 Å². The van der Waals surface area contributed by atoms with Crippen LogP contribution in [0, 0.1) is 19.8 Å². The number of hydrogen-bond donors (Lipinski definition) is 2. The number of aromatic nitrogens is 2. The summed E-state index contributed by atoms with van der Waals surface area (Å²) < 4.78 is 1.20. The maximum Gasteiger partial charge on any atom is 0.267 e. The molecule has 1 aromatic carbocycles. The third-order valence-corrected chi connectivity index (χ3v) is 5.09. The average molecular weight is 355 g/mol. The minimum absolute atomic E-state index is 0.0597. The van der Waals surface area contributed by atoms with Gasteiger partial charge in [0, 0.05) is 12.1 Å². The van der Waals surface area contributed by atoms with E-state index in [1.165, 1.54) is 10.7 Å². The molecule has 3 rings (SSSR count). The van der Waals surface area contributed by atoms with E-state index in [0.29, 0.717) is 19.3 Å². The third-order valence-electron chi connectivity index (χ3n) is 5.09. The maximum atomic E-state index is 12.5. The lowest BCUT2D eigenvalue weighted by molar-refractivity contribution is -0.123. The minimum atomic E-state index is -0.279. The third kappa shape index (κ3) is 4.38. The molecule has 0 unspecified atom stereocenters. The van der Waals surface area contributed by atoms with E-state index in [-0.39, 0.29) is 36.1 Å². The Morgan fingerprint density at radius 1 is 1.31 bits per heavy atom. The average Bonchev–Trinajstić information content (AvgIpc) is 2.57. The fourth-order valence-corrected chi connectivity index (χ4v) is 3.34. The second kappa shape index (κ2) is 7.83. The summed E-state index contributed by atoms with van der Waals surface area (Å²) in [5.41, 5.74) is 2.42. The lowest BCUT2D eigenvalue weighted by Gasteiger charge is -2.38. The molecule has 0 aliphatic heterocycles. The summed E-state index contributed by atoms with van der Waals surface area (Å²) in [5.74, 6) is 0.0174. The molecule has 1 heterocycles. The van der Waals surface area contributed by atoms with Crippen LogP contribution < -0.4 is 10.9 Å². The second-order valence-electron chi connectivity index (χ2n) is 7.16. The zero-order valence-electron chi connectivity index (χ0n) is 15.2. The van der Waals surface area contributed by atoms with E-state index in [1.807, 2.05) is 44.2 Å². The van der Waals surface area contributed by atoms with Crippen molar-refractivity contribution in [3.63, 3.8) is 0 Å². The molecule has 1 aromatic heterocycles. The normalized spacial score (nSPS) is 20.3. The number of carbonyl (C=O) groups excluding carboxylic acids is 1. The fourth-order valence-electron chi connectivity index (χ4n) is 3.34. The van der Waals surface area contributed by atoms with Crippen molar-refractivity contribution in [1.29, 1.82) is 0 Å². The van der Waals surface area contributed by atoms with Crippen LogP contribution in [0.4, 0.5) is 0 Å². The summed E-state index contributed by atoms with van der Waals surface area (Å²) in [5, 5.41) is 16.9. The van der Waals surface area contributed by atoms with Crippen molar-refractivity contribution >= 4 is 5.91 Å². The Labute approximate surface area is 152 Å². The van der Waals surface area contributed by atoms with E-state index in [4.69, 9.17) is 0 Å². The molecule has 26 heavy (non-hydrogen) atoms. The van der Waals surface area contributed by atoms with E-state index < -0.39 is 0 Å². The van der Waals surface area contributed by atoms with Crippen molar-refractivity contribution in [2.24, 2.45) is 5.92 Å². The van der Waals surface area contributed by atoms with Crippen LogP contribution in [0.3, 0.4) is 0 Å². The van der Waals surface area contributed by atoms with E-state index >= 15 is 0 Å². The molecule has 6 nitrogen and oxygen atoms in total. The van der Waals surface area contributed by atoms with Crippen LogP contribution in [0.5, 0.6) is 0 Å². The zero-order valence-corrected chi connectivity index (χ0v) is 15.2. The highest BCUT2D eigenvalue weighted by Crippen LogP contribution is 2.31. The summed E-state index contributed by atoms with van der Waals surface area (Å²) in [6.07, 6.45) is 1.82. The molecule has 138 valence electrons. The minimum Gasteiger partial charge on any atom is -0.393 e. The van der Waals surface area contributed by atoms with Crippen LogP contribution in [0.15, 0.2) is 41.2 Å². The van der Waals surface area contributed by atoms with Crippen LogP contribution in [0.2, 0.25) is 0 Å². The fraction of sp³-hybridized carbons (Fsp3) is 0.450. The predicted molar refractivity (Wildman–Crippen MR) is 98.8 cm³/mol. The molecule has 0 saturated heterocycles. The molecule has 0 radical (unpaired) electrons. The number of benzene rings is 1. The lowest BCUT2D eigenvalue weighted by Crippen LogP contribution is -2.49. The first-order chi connectivity index (χ1) is 12.4. The molecular formula is C20H25N3O3. The summed E-state index contributed by atoms with van der Waals surface area (Å²) in [6.45, 7) is 3.55. The van der Waals surface area contributed by atoms with E-state index in [2.05, 4.69) is 10.4 Å². The number of rotatable bonds is 6. The molecular weight excluding hydrogens is 330 g/mol. The van der Waals surface area contributed by atoms with Crippen molar-refractivity contribution in [1.82, 2.24) is 15.1 Å². The van der Waals surface area contributed by atoms with Crippen LogP contribution in [0.1, 0.15) is 29.7 Å². The molecule has 1 saturated carbocycles. The predicted octanol–water partition coefficient (Wildman–Crippen LogP) is 1.36. The van der Waals surface area contributed by atoms with Crippen LogP contribution >= 0.6 is 0 Å². The van der Waals surface area contributed by atoms with Gasteiger partial charge in [-0.25, -0.2) is 4.68 Å². The van der Waals surface area contributed by atoms with Gasteiger partial charge in [0.05, 0.1) is 11.8 Å². The first-order valence-electron chi connectivity index (χ1n) is 8.99. The number of aryl methyl sites for hydroxylation is 2. The van der Waals surface area contributed by atoms with E-state index in [0.717, 1.165) is 16.8 Å². The smallest absolute Gasteiger partial charge is 0.267 e. The maximum absolute atomic E-state index is 12.5. The number of nitrogens with zero attached hydrogens (tertiary/aromatic N) is 2. The highest BCUT2D eigenvalue weighted by molar-refractivity contribution is 5.76. The lowest BCUT2D eigenvalue weighted by atomic mass is 9.75. The summed E-state index contributed by atoms with van der Waals surface area (Å²) in [7, 11) is 0. The van der Waals surface area contributed by atoms with E-state index in [1.54, 1.807) is 0 Å². The molecule has 6 heteroatoms. The van der Waals surface area contributed by atoms with Gasteiger partial charge in [-0.2, -0.15) is 5.10 Å². The Balaban J connectivity index is 1.69. The van der Waals surface area contributed by atoms with Crippen molar-refractivity contribution in [3.8, 4) is 0 Å². The SMILES string of the molecule is Cc1cc(=O)n(CC(=O)N[C@H](Cc2ccccc2)C2CC(O)C2)nc1C. The molecule has 2 N–H and O–H groups in total. The van der Waals surface area contributed by atoms with Gasteiger partial charge >= 0.3 is 0 Å². The monoisotopic (exact) mass is 355 g/mol.